The van der Waals surface area contributed by atoms with Crippen molar-refractivity contribution in [2.45, 2.75) is 12.4 Å². The minimum absolute atomic E-state index is 0.118. The Hall–Kier alpha value is -2.10. The van der Waals surface area contributed by atoms with E-state index < -0.39 is 15.5 Å². The van der Waals surface area contributed by atoms with E-state index >= 15 is 0 Å². The normalized spacial score (nSPS) is 12.4. The Labute approximate surface area is 118 Å². The molecule has 1 heterocycles. The number of alkyl halides is 3. The van der Waals surface area contributed by atoms with Gasteiger partial charge < -0.3 is 4.74 Å². The van der Waals surface area contributed by atoms with Gasteiger partial charge in [0.1, 0.15) is 11.6 Å². The lowest BCUT2D eigenvalue weighted by Crippen LogP contribution is -2.31. The average molecular weight is 321 g/mol. The monoisotopic (exact) mass is 321 g/mol. The molecular weight excluding hydrogens is 311 g/mol. The van der Waals surface area contributed by atoms with E-state index in [4.69, 9.17) is 4.74 Å². The molecule has 114 valence electrons. The highest BCUT2D eigenvalue weighted by Crippen LogP contribution is 2.27. The van der Waals surface area contributed by atoms with Crippen molar-refractivity contribution in [1.82, 2.24) is 14.2 Å². The molecule has 10 heteroatoms. The fourth-order valence-corrected chi connectivity index (χ4v) is 2.33. The van der Waals surface area contributed by atoms with Crippen LogP contribution in [0.15, 0.2) is 24.3 Å². The molecule has 0 unspecified atom stereocenters. The summed E-state index contributed by atoms with van der Waals surface area (Å²) in [4.78, 5) is 3.75. The lowest BCUT2D eigenvalue weighted by molar-refractivity contribution is -0.0450. The van der Waals surface area contributed by atoms with Gasteiger partial charge in [-0.05, 0) is 31.2 Å². The molecule has 2 aromatic rings. The summed E-state index contributed by atoms with van der Waals surface area (Å²) in [5.74, 6) is 0.0407. The number of ether oxygens (including phenoxy) is 1. The summed E-state index contributed by atoms with van der Waals surface area (Å²) in [7, 11) is -4.13. The summed E-state index contributed by atoms with van der Waals surface area (Å²) >= 11 is 0. The summed E-state index contributed by atoms with van der Waals surface area (Å²) < 4.78 is 65.0. The van der Waals surface area contributed by atoms with Gasteiger partial charge in [-0.3, -0.25) is 0 Å². The smallest absolute Gasteiger partial charge is 0.497 e. The van der Waals surface area contributed by atoms with Crippen molar-refractivity contribution in [3.8, 4) is 17.1 Å². The Morgan fingerprint density at radius 1 is 1.19 bits per heavy atom. The van der Waals surface area contributed by atoms with Crippen molar-refractivity contribution in [3.05, 3.63) is 30.1 Å². The third-order valence-corrected chi connectivity index (χ3v) is 3.98. The van der Waals surface area contributed by atoms with E-state index in [1.54, 1.807) is 12.1 Å². The molecule has 0 amide bonds. The van der Waals surface area contributed by atoms with Crippen LogP contribution in [0.5, 0.6) is 5.75 Å². The van der Waals surface area contributed by atoms with Crippen LogP contribution < -0.4 is 4.74 Å². The van der Waals surface area contributed by atoms with Crippen LogP contribution >= 0.6 is 0 Å². The van der Waals surface area contributed by atoms with Crippen LogP contribution in [0.1, 0.15) is 5.82 Å². The van der Waals surface area contributed by atoms with Gasteiger partial charge in [0.15, 0.2) is 5.82 Å². The van der Waals surface area contributed by atoms with Crippen molar-refractivity contribution < 1.29 is 26.3 Å². The van der Waals surface area contributed by atoms with Crippen LogP contribution in [0.25, 0.3) is 11.4 Å². The van der Waals surface area contributed by atoms with Crippen LogP contribution in [-0.4, -0.2) is 35.2 Å². The lowest BCUT2D eigenvalue weighted by Gasteiger charge is -2.07. The Kier molecular flexibility index (Phi) is 3.66. The summed E-state index contributed by atoms with van der Waals surface area (Å²) in [5, 5.41) is 3.43. The number of aromatic nitrogens is 3. The van der Waals surface area contributed by atoms with E-state index in [-0.39, 0.29) is 15.7 Å². The molecule has 0 spiro atoms. The maximum Gasteiger partial charge on any atom is 0.518 e. The molecule has 0 aliphatic heterocycles. The first kappa shape index (κ1) is 15.3. The highest BCUT2D eigenvalue weighted by Gasteiger charge is 2.49. The summed E-state index contributed by atoms with van der Waals surface area (Å²) in [5.41, 5.74) is -5.07. The second-order valence-electron chi connectivity index (χ2n) is 4.00. The number of benzene rings is 1. The molecule has 0 fully saturated rings. The van der Waals surface area contributed by atoms with Crippen molar-refractivity contribution in [2.75, 3.05) is 7.11 Å². The van der Waals surface area contributed by atoms with Gasteiger partial charge in [-0.2, -0.15) is 21.6 Å². The topological polar surface area (TPSA) is 74.1 Å². The van der Waals surface area contributed by atoms with Crippen molar-refractivity contribution in [2.24, 2.45) is 0 Å². The lowest BCUT2D eigenvalue weighted by atomic mass is 10.2. The van der Waals surface area contributed by atoms with Gasteiger partial charge in [-0.15, -0.1) is 9.19 Å². The third kappa shape index (κ3) is 2.71. The van der Waals surface area contributed by atoms with Gasteiger partial charge in [-0.1, -0.05) is 0 Å². The van der Waals surface area contributed by atoms with Crippen molar-refractivity contribution in [3.63, 3.8) is 0 Å². The number of halogens is 3. The highest BCUT2D eigenvalue weighted by atomic mass is 32.2. The highest BCUT2D eigenvalue weighted by molar-refractivity contribution is 7.90. The van der Waals surface area contributed by atoms with Gasteiger partial charge in [0.25, 0.3) is 0 Å². The maximum atomic E-state index is 12.5. The first-order valence-electron chi connectivity index (χ1n) is 5.57. The summed E-state index contributed by atoms with van der Waals surface area (Å²) in [6.45, 7) is 1.13. The fourth-order valence-electron chi connectivity index (χ4n) is 1.56. The molecule has 0 saturated carbocycles. The fraction of sp³-hybridized carbons (Fsp3) is 0.273. The van der Waals surface area contributed by atoms with Crippen LogP contribution in [0.3, 0.4) is 0 Å². The number of hydrogen-bond donors (Lipinski definition) is 0. The number of rotatable bonds is 3. The molecule has 0 atom stereocenters. The zero-order valence-electron chi connectivity index (χ0n) is 10.9. The Morgan fingerprint density at radius 3 is 2.24 bits per heavy atom. The largest absolute Gasteiger partial charge is 0.518 e. The van der Waals surface area contributed by atoms with Gasteiger partial charge >= 0.3 is 15.5 Å². The van der Waals surface area contributed by atoms with E-state index in [0.717, 1.165) is 6.92 Å². The predicted molar refractivity (Wildman–Crippen MR) is 67.1 cm³/mol. The van der Waals surface area contributed by atoms with Gasteiger partial charge in [0, 0.05) is 5.56 Å². The van der Waals surface area contributed by atoms with E-state index in [2.05, 4.69) is 10.1 Å². The number of hydrogen-bond acceptors (Lipinski definition) is 5. The van der Waals surface area contributed by atoms with Gasteiger partial charge in [0.2, 0.25) is 0 Å². The molecular formula is C11H10F3N3O3S. The Morgan fingerprint density at radius 2 is 1.76 bits per heavy atom. The van der Waals surface area contributed by atoms with Crippen LogP contribution in [0, 0.1) is 6.92 Å². The SMILES string of the molecule is COc1ccc(-c2nc(C)n(S(=O)(=O)C(F)(F)F)n2)cc1. The molecule has 0 saturated heterocycles. The van der Waals surface area contributed by atoms with Gasteiger partial charge in [0.05, 0.1) is 7.11 Å². The predicted octanol–water partition coefficient (Wildman–Crippen LogP) is 1.96. The molecule has 0 N–H and O–H groups in total. The number of nitrogens with zero attached hydrogens (tertiary/aromatic N) is 3. The molecule has 1 aromatic heterocycles. The maximum absolute atomic E-state index is 12.5. The quantitative estimate of drug-likeness (QED) is 0.864. The van der Waals surface area contributed by atoms with E-state index in [1.165, 1.54) is 19.2 Å². The Balaban J connectivity index is 2.49. The second-order valence-corrected chi connectivity index (χ2v) is 5.76. The number of aryl methyl sites for hydroxylation is 1. The molecule has 21 heavy (non-hydrogen) atoms. The minimum Gasteiger partial charge on any atom is -0.497 e. The first-order chi connectivity index (χ1) is 9.66. The molecule has 0 bridgehead atoms. The van der Waals surface area contributed by atoms with Crippen LogP contribution in [0.2, 0.25) is 0 Å². The third-order valence-electron chi connectivity index (χ3n) is 2.60. The van der Waals surface area contributed by atoms with E-state index in [9.17, 15) is 21.6 Å². The van der Waals surface area contributed by atoms with Crippen LogP contribution in [0.4, 0.5) is 13.2 Å². The second kappa shape index (κ2) is 5.02. The first-order valence-corrected chi connectivity index (χ1v) is 7.01. The zero-order chi connectivity index (χ0) is 15.8. The minimum atomic E-state index is -5.59. The Bertz CT molecular complexity index is 751. The molecule has 0 aliphatic carbocycles. The van der Waals surface area contributed by atoms with E-state index in [1.807, 2.05) is 0 Å². The molecule has 2 rings (SSSR count). The summed E-state index contributed by atoms with van der Waals surface area (Å²) in [6.07, 6.45) is 0. The van der Waals surface area contributed by atoms with E-state index in [0.29, 0.717) is 11.3 Å². The van der Waals surface area contributed by atoms with Gasteiger partial charge in [-0.25, -0.2) is 4.98 Å². The van der Waals surface area contributed by atoms with Crippen LogP contribution in [-0.2, 0) is 10.0 Å². The average Bonchev–Trinajstić information content (AvgIpc) is 2.80. The molecule has 6 nitrogen and oxygen atoms in total. The molecule has 0 radical (unpaired) electrons. The summed E-state index contributed by atoms with van der Waals surface area (Å²) in [6, 6.07) is 6.14. The van der Waals surface area contributed by atoms with Crippen molar-refractivity contribution in [1.29, 1.82) is 0 Å². The van der Waals surface area contributed by atoms with Crippen molar-refractivity contribution >= 4 is 10.0 Å². The molecule has 1 aromatic carbocycles. The number of methoxy groups -OCH3 is 1. The standard InChI is InChI=1S/C11H10F3N3O3S/c1-7-15-10(8-3-5-9(20-2)6-4-8)16-17(7)21(18,19)11(12,13)14/h3-6H,1-2H3. The molecule has 0 aliphatic rings. The zero-order valence-corrected chi connectivity index (χ0v) is 11.7.